The van der Waals surface area contributed by atoms with Gasteiger partial charge in [0.1, 0.15) is 29.4 Å². The zero-order chi connectivity index (χ0) is 24.5. The number of guanidine groups is 1. The number of anilines is 4. The minimum atomic E-state index is -0.614. The van der Waals surface area contributed by atoms with Crippen LogP contribution >= 0.6 is 11.6 Å². The van der Waals surface area contributed by atoms with Crippen LogP contribution in [0.3, 0.4) is 0 Å². The van der Waals surface area contributed by atoms with E-state index in [-0.39, 0.29) is 16.3 Å². The molecule has 5 rings (SSSR count). The first-order valence-electron chi connectivity index (χ1n) is 11.0. The zero-order valence-corrected chi connectivity index (χ0v) is 20.0. The van der Waals surface area contributed by atoms with Gasteiger partial charge in [-0.05, 0) is 50.5 Å². The van der Waals surface area contributed by atoms with Gasteiger partial charge in [-0.3, -0.25) is 14.7 Å². The number of nitrogens with one attached hydrogen (secondary N) is 1. The highest BCUT2D eigenvalue weighted by atomic mass is 35.5. The Morgan fingerprint density at radius 1 is 1.20 bits per heavy atom. The molecule has 1 amide bonds. The van der Waals surface area contributed by atoms with Crippen molar-refractivity contribution in [3.8, 4) is 5.75 Å². The number of aliphatic imine (C=N–C) groups is 1. The Labute approximate surface area is 206 Å². The van der Waals surface area contributed by atoms with E-state index in [1.54, 1.807) is 4.90 Å². The number of amides is 1. The highest BCUT2D eigenvalue weighted by Gasteiger charge is 2.41. The van der Waals surface area contributed by atoms with Gasteiger partial charge in [-0.2, -0.15) is 4.98 Å². The summed E-state index contributed by atoms with van der Waals surface area (Å²) < 4.78 is 20.4. The van der Waals surface area contributed by atoms with Gasteiger partial charge in [-0.15, -0.1) is 0 Å². The van der Waals surface area contributed by atoms with E-state index in [1.807, 2.05) is 38.4 Å². The molecule has 0 aliphatic carbocycles. The Morgan fingerprint density at radius 2 is 2.00 bits per heavy atom. The number of fused-ring (bicyclic) bond motifs is 3. The molecule has 1 aromatic heterocycles. The van der Waals surface area contributed by atoms with Crippen LogP contribution in [0.1, 0.15) is 10.4 Å². The molecule has 0 radical (unpaired) electrons. The minimum absolute atomic E-state index is 0.0365. The van der Waals surface area contributed by atoms with E-state index in [9.17, 15) is 9.18 Å². The third-order valence-electron chi connectivity index (χ3n) is 5.55. The molecule has 0 saturated heterocycles. The van der Waals surface area contributed by atoms with E-state index in [0.717, 1.165) is 18.0 Å². The van der Waals surface area contributed by atoms with Gasteiger partial charge in [0.25, 0.3) is 5.91 Å². The number of carbonyl (C=O) groups excluding carboxylic acids is 1. The zero-order valence-electron chi connectivity index (χ0n) is 19.2. The number of nitrogens with zero attached hydrogens (tertiary/aromatic N) is 6. The van der Waals surface area contributed by atoms with Gasteiger partial charge in [0.2, 0.25) is 11.9 Å². The first kappa shape index (κ1) is 23.0. The molecule has 3 aromatic rings. The van der Waals surface area contributed by atoms with Crippen molar-refractivity contribution in [3.63, 3.8) is 0 Å². The lowest BCUT2D eigenvalue weighted by Gasteiger charge is -2.35. The number of hydrogen-bond donors (Lipinski definition) is 1. The number of ether oxygens (including phenoxy) is 1. The lowest BCUT2D eigenvalue weighted by atomic mass is 10.1. The van der Waals surface area contributed by atoms with Crippen LogP contribution in [-0.2, 0) is 0 Å². The predicted molar refractivity (Wildman–Crippen MR) is 134 cm³/mol. The van der Waals surface area contributed by atoms with E-state index >= 15 is 0 Å². The second kappa shape index (κ2) is 9.47. The molecular weight excluding hydrogens is 473 g/mol. The third-order valence-corrected chi connectivity index (χ3v) is 5.86. The number of para-hydroxylation sites is 1. The molecule has 9 nitrogen and oxygen atoms in total. The largest absolute Gasteiger partial charge is 0.492 e. The fraction of sp³-hybridized carbons (Fsp3) is 0.250. The first-order valence-corrected chi connectivity index (χ1v) is 11.4. The average molecular weight is 496 g/mol. The van der Waals surface area contributed by atoms with E-state index < -0.39 is 11.7 Å². The van der Waals surface area contributed by atoms with Crippen LogP contribution in [0.5, 0.6) is 5.75 Å². The number of benzene rings is 2. The number of likely N-dealkylation sites (N-methyl/N-ethyl adjacent to an activating group) is 1. The Morgan fingerprint density at radius 3 is 2.74 bits per heavy atom. The summed E-state index contributed by atoms with van der Waals surface area (Å²) in [6.45, 7) is 2.35. The van der Waals surface area contributed by atoms with Gasteiger partial charge in [0, 0.05) is 25.0 Å². The van der Waals surface area contributed by atoms with Crippen LogP contribution in [0.4, 0.5) is 27.5 Å². The summed E-state index contributed by atoms with van der Waals surface area (Å²) in [5.74, 6) is 0.682. The Hall–Kier alpha value is -3.76. The molecule has 3 heterocycles. The van der Waals surface area contributed by atoms with Crippen LogP contribution in [0.2, 0.25) is 5.02 Å². The van der Waals surface area contributed by atoms with Crippen molar-refractivity contribution >= 4 is 46.6 Å². The molecule has 0 saturated carbocycles. The molecule has 35 heavy (non-hydrogen) atoms. The molecule has 0 atom stereocenters. The van der Waals surface area contributed by atoms with Crippen molar-refractivity contribution in [2.75, 3.05) is 55.5 Å². The van der Waals surface area contributed by atoms with Crippen LogP contribution < -0.4 is 19.9 Å². The summed E-state index contributed by atoms with van der Waals surface area (Å²) in [7, 11) is 3.98. The van der Waals surface area contributed by atoms with Gasteiger partial charge in [0.15, 0.2) is 5.82 Å². The maximum atomic E-state index is 14.7. The molecule has 0 spiro atoms. The van der Waals surface area contributed by atoms with Crippen molar-refractivity contribution < 1.29 is 13.9 Å². The number of halogens is 2. The summed E-state index contributed by atoms with van der Waals surface area (Å²) in [4.78, 5) is 31.7. The molecule has 2 aliphatic heterocycles. The molecule has 11 heteroatoms. The standard InChI is InChI=1S/C24H23ClFN7O2/c1-31(2)12-13-35-16-8-6-15(7-9-16)29-23-28-14-17-21(30-23)32-11-10-27-24(32)33(22(17)34)20-18(25)4-3-5-19(20)26/h3-9,14H,10-13H2,1-2H3,(H,28,29,30). The van der Waals surface area contributed by atoms with E-state index in [2.05, 4.69) is 25.2 Å². The Balaban J connectivity index is 1.39. The first-order chi connectivity index (χ1) is 16.9. The maximum absolute atomic E-state index is 14.7. The smallest absolute Gasteiger partial charge is 0.270 e. The van der Waals surface area contributed by atoms with Gasteiger partial charge < -0.3 is 15.0 Å². The summed E-state index contributed by atoms with van der Waals surface area (Å²) in [5, 5.41) is 3.27. The molecular formula is C24H23ClFN7O2. The van der Waals surface area contributed by atoms with E-state index in [1.165, 1.54) is 29.3 Å². The number of aromatic nitrogens is 2. The average Bonchev–Trinajstić information content (AvgIpc) is 3.32. The van der Waals surface area contributed by atoms with E-state index in [4.69, 9.17) is 16.3 Å². The normalized spacial score (nSPS) is 14.7. The Kier molecular flexibility index (Phi) is 6.23. The molecule has 180 valence electrons. The summed E-state index contributed by atoms with van der Waals surface area (Å²) in [6, 6.07) is 11.7. The molecule has 1 N–H and O–H groups in total. The van der Waals surface area contributed by atoms with Gasteiger partial charge >= 0.3 is 0 Å². The highest BCUT2D eigenvalue weighted by molar-refractivity contribution is 6.38. The van der Waals surface area contributed by atoms with E-state index in [0.29, 0.717) is 37.4 Å². The fourth-order valence-electron chi connectivity index (χ4n) is 3.84. The topological polar surface area (TPSA) is 86.2 Å². The molecule has 2 aliphatic rings. The van der Waals surface area contributed by atoms with Crippen molar-refractivity contribution in [1.82, 2.24) is 14.9 Å². The van der Waals surface area contributed by atoms with Gasteiger partial charge in [0.05, 0.1) is 11.6 Å². The van der Waals surface area contributed by atoms with Gasteiger partial charge in [-0.25, -0.2) is 14.3 Å². The number of rotatable bonds is 7. The van der Waals surface area contributed by atoms with Crippen molar-refractivity contribution in [3.05, 3.63) is 65.1 Å². The summed E-state index contributed by atoms with van der Waals surface area (Å²) >= 11 is 6.25. The molecule has 0 unspecified atom stereocenters. The van der Waals surface area contributed by atoms with Crippen molar-refractivity contribution in [2.24, 2.45) is 4.99 Å². The minimum Gasteiger partial charge on any atom is -0.492 e. The molecule has 2 aromatic carbocycles. The number of carbonyl (C=O) groups is 1. The molecule has 0 fully saturated rings. The highest BCUT2D eigenvalue weighted by Crippen LogP contribution is 2.37. The monoisotopic (exact) mass is 495 g/mol. The maximum Gasteiger partial charge on any atom is 0.270 e. The van der Waals surface area contributed by atoms with Crippen molar-refractivity contribution in [2.45, 2.75) is 0 Å². The summed E-state index contributed by atoms with van der Waals surface area (Å²) in [6.07, 6.45) is 1.43. The third kappa shape index (κ3) is 4.50. The number of hydrogen-bond acceptors (Lipinski definition) is 8. The van der Waals surface area contributed by atoms with Crippen LogP contribution in [0.15, 0.2) is 53.7 Å². The SMILES string of the molecule is CN(C)CCOc1ccc(Nc2ncc3c(n2)N2CCN=C2N(c2c(F)cccc2Cl)C3=O)cc1. The molecule has 0 bridgehead atoms. The Bertz CT molecular complexity index is 1280. The quantitative estimate of drug-likeness (QED) is 0.533. The van der Waals surface area contributed by atoms with Crippen LogP contribution in [-0.4, -0.2) is 67.1 Å². The second-order valence-corrected chi connectivity index (χ2v) is 8.68. The van der Waals surface area contributed by atoms with Crippen molar-refractivity contribution in [1.29, 1.82) is 0 Å². The lowest BCUT2D eigenvalue weighted by molar-refractivity contribution is 0.0999. The second-order valence-electron chi connectivity index (χ2n) is 8.28. The van der Waals surface area contributed by atoms with Crippen LogP contribution in [0.25, 0.3) is 0 Å². The van der Waals surface area contributed by atoms with Crippen LogP contribution in [0, 0.1) is 5.82 Å². The van der Waals surface area contributed by atoms with Gasteiger partial charge in [-0.1, -0.05) is 17.7 Å². The fourth-order valence-corrected chi connectivity index (χ4v) is 4.09. The predicted octanol–water partition coefficient (Wildman–Crippen LogP) is 3.79. The lowest BCUT2D eigenvalue weighted by Crippen LogP contribution is -2.51. The summed E-state index contributed by atoms with van der Waals surface area (Å²) in [5.41, 5.74) is 0.966.